The second-order valence-electron chi connectivity index (χ2n) is 3.75. The van der Waals surface area contributed by atoms with Crippen molar-refractivity contribution in [3.63, 3.8) is 0 Å². The Morgan fingerprint density at radius 1 is 1.13 bits per heavy atom. The van der Waals surface area contributed by atoms with Crippen molar-refractivity contribution in [2.75, 3.05) is 13.1 Å². The summed E-state index contributed by atoms with van der Waals surface area (Å²) in [7, 11) is 0. The number of piperidine rings is 1. The first-order chi connectivity index (χ1) is 6.75. The third kappa shape index (κ3) is 3.14. The highest BCUT2D eigenvalue weighted by molar-refractivity contribution is 5.85. The van der Waals surface area contributed by atoms with Crippen LogP contribution in [0, 0.1) is 11.6 Å². The molecule has 0 spiro atoms. The van der Waals surface area contributed by atoms with E-state index in [4.69, 9.17) is 0 Å². The van der Waals surface area contributed by atoms with Gasteiger partial charge in [0, 0.05) is 12.6 Å². The first kappa shape index (κ1) is 12.4. The van der Waals surface area contributed by atoms with Crippen LogP contribution in [0.15, 0.2) is 18.2 Å². The molecular formula is C11H14ClF2N. The van der Waals surface area contributed by atoms with Crippen LogP contribution in [0.1, 0.15) is 24.3 Å². The zero-order valence-corrected chi connectivity index (χ0v) is 9.12. The highest BCUT2D eigenvalue weighted by Gasteiger charge is 2.16. The van der Waals surface area contributed by atoms with Gasteiger partial charge in [-0.2, -0.15) is 0 Å². The second kappa shape index (κ2) is 5.42. The van der Waals surface area contributed by atoms with Gasteiger partial charge in [-0.25, -0.2) is 8.78 Å². The average Bonchev–Trinajstić information content (AvgIpc) is 2.18. The Morgan fingerprint density at radius 2 is 1.80 bits per heavy atom. The molecule has 1 atom stereocenters. The topological polar surface area (TPSA) is 12.0 Å². The number of rotatable bonds is 1. The predicted molar refractivity (Wildman–Crippen MR) is 58.5 cm³/mol. The summed E-state index contributed by atoms with van der Waals surface area (Å²) >= 11 is 0. The predicted octanol–water partition coefficient (Wildman–Crippen LogP) is 2.85. The van der Waals surface area contributed by atoms with Crippen LogP contribution in [0.3, 0.4) is 0 Å². The normalized spacial score (nSPS) is 20.8. The highest BCUT2D eigenvalue weighted by atomic mass is 35.5. The van der Waals surface area contributed by atoms with Crippen molar-refractivity contribution in [3.05, 3.63) is 35.4 Å². The summed E-state index contributed by atoms with van der Waals surface area (Å²) in [5.74, 6) is -0.704. The molecule has 1 fully saturated rings. The third-order valence-electron chi connectivity index (χ3n) is 2.65. The summed E-state index contributed by atoms with van der Waals surface area (Å²) < 4.78 is 25.8. The van der Waals surface area contributed by atoms with Gasteiger partial charge >= 0.3 is 0 Å². The molecule has 1 nitrogen and oxygen atoms in total. The Balaban J connectivity index is 0.00000112. The SMILES string of the molecule is Cl.Fc1cc(F)cc([C@@H]2CCCNC2)c1. The molecule has 15 heavy (non-hydrogen) atoms. The molecule has 2 rings (SSSR count). The molecule has 0 aromatic heterocycles. The average molecular weight is 234 g/mol. The first-order valence-electron chi connectivity index (χ1n) is 4.92. The summed E-state index contributed by atoms with van der Waals surface area (Å²) in [6, 6.07) is 3.78. The molecule has 0 aliphatic carbocycles. The fourth-order valence-electron chi connectivity index (χ4n) is 1.95. The van der Waals surface area contributed by atoms with Crippen molar-refractivity contribution in [2.45, 2.75) is 18.8 Å². The van der Waals surface area contributed by atoms with Crippen molar-refractivity contribution < 1.29 is 8.78 Å². The maximum absolute atomic E-state index is 12.9. The molecule has 0 amide bonds. The Kier molecular flexibility index (Phi) is 4.48. The van der Waals surface area contributed by atoms with Gasteiger partial charge < -0.3 is 5.32 Å². The highest BCUT2D eigenvalue weighted by Crippen LogP contribution is 2.24. The number of hydrogen-bond acceptors (Lipinski definition) is 1. The van der Waals surface area contributed by atoms with E-state index in [1.54, 1.807) is 0 Å². The van der Waals surface area contributed by atoms with Gasteiger partial charge in [0.25, 0.3) is 0 Å². The van der Waals surface area contributed by atoms with Crippen molar-refractivity contribution in [3.8, 4) is 0 Å². The summed E-state index contributed by atoms with van der Waals surface area (Å²) in [5.41, 5.74) is 0.773. The van der Waals surface area contributed by atoms with Gasteiger partial charge in [-0.15, -0.1) is 12.4 Å². The Hall–Kier alpha value is -0.670. The molecule has 1 aliphatic rings. The van der Waals surface area contributed by atoms with E-state index in [0.717, 1.165) is 37.6 Å². The lowest BCUT2D eigenvalue weighted by atomic mass is 9.91. The van der Waals surface area contributed by atoms with Crippen LogP contribution >= 0.6 is 12.4 Å². The van der Waals surface area contributed by atoms with E-state index < -0.39 is 11.6 Å². The van der Waals surface area contributed by atoms with E-state index in [0.29, 0.717) is 0 Å². The lowest BCUT2D eigenvalue weighted by Crippen LogP contribution is -2.28. The van der Waals surface area contributed by atoms with E-state index in [-0.39, 0.29) is 18.3 Å². The van der Waals surface area contributed by atoms with Crippen LogP contribution in [-0.4, -0.2) is 13.1 Å². The van der Waals surface area contributed by atoms with E-state index in [1.165, 1.54) is 12.1 Å². The standard InChI is InChI=1S/C11H13F2N.ClH/c12-10-4-9(5-11(13)6-10)8-2-1-3-14-7-8;/h4-6,8,14H,1-3,7H2;1H/t8-;/m1./s1. The Labute approximate surface area is 94.3 Å². The third-order valence-corrected chi connectivity index (χ3v) is 2.65. The van der Waals surface area contributed by atoms with Crippen LogP contribution in [0.5, 0.6) is 0 Å². The molecule has 1 N–H and O–H groups in total. The fourth-order valence-corrected chi connectivity index (χ4v) is 1.95. The molecule has 1 aliphatic heterocycles. The number of benzene rings is 1. The lowest BCUT2D eigenvalue weighted by molar-refractivity contribution is 0.457. The molecule has 1 aromatic carbocycles. The van der Waals surface area contributed by atoms with E-state index in [2.05, 4.69) is 5.32 Å². The summed E-state index contributed by atoms with van der Waals surface area (Å²) in [6.07, 6.45) is 2.08. The van der Waals surface area contributed by atoms with Crippen molar-refractivity contribution >= 4 is 12.4 Å². The zero-order valence-electron chi connectivity index (χ0n) is 8.30. The van der Waals surface area contributed by atoms with E-state index >= 15 is 0 Å². The molecule has 1 aromatic rings. The number of halogens is 3. The van der Waals surface area contributed by atoms with Crippen molar-refractivity contribution in [1.29, 1.82) is 0 Å². The minimum atomic E-state index is -0.481. The second-order valence-corrected chi connectivity index (χ2v) is 3.75. The Bertz CT molecular complexity index is 304. The lowest BCUT2D eigenvalue weighted by Gasteiger charge is -2.23. The molecule has 4 heteroatoms. The van der Waals surface area contributed by atoms with E-state index in [1.807, 2.05) is 0 Å². The zero-order chi connectivity index (χ0) is 9.97. The quantitative estimate of drug-likeness (QED) is 0.787. The molecule has 0 unspecified atom stereocenters. The number of nitrogens with one attached hydrogen (secondary N) is 1. The summed E-state index contributed by atoms with van der Waals surface area (Å²) in [4.78, 5) is 0. The molecular weight excluding hydrogens is 220 g/mol. The number of hydrogen-bond donors (Lipinski definition) is 1. The van der Waals surface area contributed by atoms with Crippen molar-refractivity contribution in [2.24, 2.45) is 0 Å². The molecule has 0 radical (unpaired) electrons. The maximum Gasteiger partial charge on any atom is 0.126 e. The van der Waals surface area contributed by atoms with Gasteiger partial charge in [0.05, 0.1) is 0 Å². The van der Waals surface area contributed by atoms with E-state index in [9.17, 15) is 8.78 Å². The van der Waals surface area contributed by atoms with Gasteiger partial charge in [0.2, 0.25) is 0 Å². The maximum atomic E-state index is 12.9. The van der Waals surface area contributed by atoms with Crippen LogP contribution in [0.4, 0.5) is 8.78 Å². The first-order valence-corrected chi connectivity index (χ1v) is 4.92. The monoisotopic (exact) mass is 233 g/mol. The van der Waals surface area contributed by atoms with Gasteiger partial charge in [-0.1, -0.05) is 0 Å². The van der Waals surface area contributed by atoms with Gasteiger partial charge in [0.1, 0.15) is 11.6 Å². The molecule has 0 bridgehead atoms. The smallest absolute Gasteiger partial charge is 0.126 e. The molecule has 0 saturated carbocycles. The summed E-state index contributed by atoms with van der Waals surface area (Å²) in [5, 5.41) is 3.23. The van der Waals surface area contributed by atoms with Gasteiger partial charge in [-0.05, 0) is 43.0 Å². The molecule has 1 heterocycles. The van der Waals surface area contributed by atoms with Crippen LogP contribution in [-0.2, 0) is 0 Å². The van der Waals surface area contributed by atoms with Gasteiger partial charge in [0.15, 0.2) is 0 Å². The largest absolute Gasteiger partial charge is 0.316 e. The Morgan fingerprint density at radius 3 is 2.33 bits per heavy atom. The van der Waals surface area contributed by atoms with Gasteiger partial charge in [-0.3, -0.25) is 0 Å². The minimum absolute atomic E-state index is 0. The summed E-state index contributed by atoms with van der Waals surface area (Å²) in [6.45, 7) is 1.83. The minimum Gasteiger partial charge on any atom is -0.316 e. The molecule has 84 valence electrons. The van der Waals surface area contributed by atoms with Crippen LogP contribution < -0.4 is 5.32 Å². The fraction of sp³-hybridized carbons (Fsp3) is 0.455. The van der Waals surface area contributed by atoms with Crippen molar-refractivity contribution in [1.82, 2.24) is 5.32 Å². The van der Waals surface area contributed by atoms with Crippen LogP contribution in [0.25, 0.3) is 0 Å². The molecule has 1 saturated heterocycles. The van der Waals surface area contributed by atoms with Crippen LogP contribution in [0.2, 0.25) is 0 Å².